The summed E-state index contributed by atoms with van der Waals surface area (Å²) in [5.41, 5.74) is 0.829. The Bertz CT molecular complexity index is 917. The number of pyridine rings is 1. The van der Waals surface area contributed by atoms with Crippen molar-refractivity contribution in [1.29, 1.82) is 0 Å². The summed E-state index contributed by atoms with van der Waals surface area (Å²) in [6.07, 6.45) is 6.87. The van der Waals surface area contributed by atoms with E-state index in [1.165, 1.54) is 17.1 Å². The largest absolute Gasteiger partial charge is 0.349 e. The molecule has 0 unspecified atom stereocenters. The molecule has 1 heterocycles. The SMILES string of the molecule is C[C@H](CN(C)C(=O)Cn1cccc(C(=O)NC2CCCCC2)c1=O)c1ccccc1. The van der Waals surface area contributed by atoms with Crippen LogP contribution in [0, 0.1) is 0 Å². The van der Waals surface area contributed by atoms with Gasteiger partial charge >= 0.3 is 0 Å². The first kappa shape index (κ1) is 21.8. The number of carbonyl (C=O) groups is 2. The zero-order valence-corrected chi connectivity index (χ0v) is 17.8. The second kappa shape index (κ2) is 10.2. The van der Waals surface area contributed by atoms with Crippen LogP contribution in [0.1, 0.15) is 60.9 Å². The van der Waals surface area contributed by atoms with Crippen molar-refractivity contribution in [2.24, 2.45) is 0 Å². The van der Waals surface area contributed by atoms with Gasteiger partial charge in [-0.2, -0.15) is 0 Å². The monoisotopic (exact) mass is 409 g/mol. The van der Waals surface area contributed by atoms with Crippen molar-refractivity contribution in [3.63, 3.8) is 0 Å². The molecule has 1 atom stereocenters. The molecule has 0 radical (unpaired) electrons. The minimum Gasteiger partial charge on any atom is -0.349 e. The lowest BCUT2D eigenvalue weighted by atomic mass is 9.95. The van der Waals surface area contributed by atoms with Crippen molar-refractivity contribution in [3.05, 3.63) is 70.1 Å². The molecule has 0 spiro atoms. The molecule has 2 aromatic rings. The predicted octanol–water partition coefficient (Wildman–Crippen LogP) is 3.17. The number of amides is 2. The highest BCUT2D eigenvalue weighted by Gasteiger charge is 2.20. The molecule has 1 aliphatic carbocycles. The van der Waals surface area contributed by atoms with Crippen LogP contribution < -0.4 is 10.9 Å². The Balaban J connectivity index is 1.63. The Morgan fingerprint density at radius 3 is 2.50 bits per heavy atom. The number of aromatic nitrogens is 1. The topological polar surface area (TPSA) is 71.4 Å². The van der Waals surface area contributed by atoms with Crippen molar-refractivity contribution in [2.75, 3.05) is 13.6 Å². The molecule has 0 saturated heterocycles. The Kier molecular flexibility index (Phi) is 7.44. The molecular weight excluding hydrogens is 378 g/mol. The number of carbonyl (C=O) groups excluding carboxylic acids is 2. The van der Waals surface area contributed by atoms with E-state index in [9.17, 15) is 14.4 Å². The number of rotatable bonds is 7. The van der Waals surface area contributed by atoms with Crippen LogP contribution in [0.5, 0.6) is 0 Å². The Hall–Kier alpha value is -2.89. The van der Waals surface area contributed by atoms with Crippen LogP contribution in [0.25, 0.3) is 0 Å². The molecular formula is C24H31N3O3. The third-order valence-electron chi connectivity index (χ3n) is 5.85. The summed E-state index contributed by atoms with van der Waals surface area (Å²) in [4.78, 5) is 39.7. The van der Waals surface area contributed by atoms with Gasteiger partial charge in [0.25, 0.3) is 11.5 Å². The number of likely N-dealkylation sites (N-methyl/N-ethyl adjacent to an activating group) is 1. The number of benzene rings is 1. The molecule has 1 aromatic carbocycles. The van der Waals surface area contributed by atoms with Gasteiger partial charge in [-0.3, -0.25) is 14.4 Å². The molecule has 0 bridgehead atoms. The quantitative estimate of drug-likeness (QED) is 0.764. The standard InChI is InChI=1S/C24H31N3O3/c1-18(19-10-5-3-6-11-19)16-26(2)22(28)17-27-15-9-14-21(24(27)30)23(29)25-20-12-7-4-8-13-20/h3,5-6,9-11,14-15,18,20H,4,7-8,12-13,16-17H2,1-2H3,(H,25,29)/t18-/m1/s1. The Labute approximate surface area is 177 Å². The molecule has 6 heteroatoms. The van der Waals surface area contributed by atoms with E-state index < -0.39 is 5.56 Å². The van der Waals surface area contributed by atoms with Gasteiger partial charge in [-0.15, -0.1) is 0 Å². The average Bonchev–Trinajstić information content (AvgIpc) is 2.76. The zero-order chi connectivity index (χ0) is 21.5. The molecule has 1 saturated carbocycles. The van der Waals surface area contributed by atoms with Gasteiger partial charge in [-0.1, -0.05) is 56.5 Å². The Morgan fingerprint density at radius 2 is 1.80 bits per heavy atom. The third-order valence-corrected chi connectivity index (χ3v) is 5.85. The first-order chi connectivity index (χ1) is 14.5. The van der Waals surface area contributed by atoms with E-state index in [1.807, 2.05) is 30.3 Å². The molecule has 1 fully saturated rings. The van der Waals surface area contributed by atoms with Crippen LogP contribution in [0.15, 0.2) is 53.5 Å². The van der Waals surface area contributed by atoms with Gasteiger partial charge in [0.1, 0.15) is 12.1 Å². The number of hydrogen-bond donors (Lipinski definition) is 1. The van der Waals surface area contributed by atoms with Crippen LogP contribution in [-0.2, 0) is 11.3 Å². The van der Waals surface area contributed by atoms with E-state index in [4.69, 9.17) is 0 Å². The van der Waals surface area contributed by atoms with E-state index in [0.29, 0.717) is 6.54 Å². The highest BCUT2D eigenvalue weighted by molar-refractivity contribution is 5.94. The van der Waals surface area contributed by atoms with E-state index >= 15 is 0 Å². The average molecular weight is 410 g/mol. The number of nitrogens with one attached hydrogen (secondary N) is 1. The summed E-state index contributed by atoms with van der Waals surface area (Å²) in [5.74, 6) is -0.325. The smallest absolute Gasteiger partial charge is 0.263 e. The zero-order valence-electron chi connectivity index (χ0n) is 17.8. The van der Waals surface area contributed by atoms with Crippen LogP contribution in [0.2, 0.25) is 0 Å². The molecule has 30 heavy (non-hydrogen) atoms. The van der Waals surface area contributed by atoms with Gasteiger partial charge in [0.2, 0.25) is 5.91 Å². The van der Waals surface area contributed by atoms with E-state index in [0.717, 1.165) is 31.2 Å². The van der Waals surface area contributed by atoms with Gasteiger partial charge < -0.3 is 14.8 Å². The van der Waals surface area contributed by atoms with Crippen LogP contribution in [0.3, 0.4) is 0 Å². The van der Waals surface area contributed by atoms with Crippen LogP contribution in [-0.4, -0.2) is 40.9 Å². The lowest BCUT2D eigenvalue weighted by molar-refractivity contribution is -0.130. The third kappa shape index (κ3) is 5.59. The van der Waals surface area contributed by atoms with Gasteiger partial charge in [-0.05, 0) is 36.5 Å². The molecule has 6 nitrogen and oxygen atoms in total. The van der Waals surface area contributed by atoms with Crippen molar-refractivity contribution in [2.45, 2.75) is 57.5 Å². The fourth-order valence-corrected chi connectivity index (χ4v) is 4.01. The van der Waals surface area contributed by atoms with Gasteiger partial charge in [-0.25, -0.2) is 0 Å². The minimum atomic E-state index is -0.427. The summed E-state index contributed by atoms with van der Waals surface area (Å²) in [6, 6.07) is 13.3. The summed E-state index contributed by atoms with van der Waals surface area (Å²) in [5, 5.41) is 2.98. The highest BCUT2D eigenvalue weighted by atomic mass is 16.2. The predicted molar refractivity (Wildman–Crippen MR) is 118 cm³/mol. The highest BCUT2D eigenvalue weighted by Crippen LogP contribution is 2.18. The van der Waals surface area contributed by atoms with Crippen LogP contribution in [0.4, 0.5) is 0 Å². The fraction of sp³-hybridized carbons (Fsp3) is 0.458. The number of hydrogen-bond acceptors (Lipinski definition) is 3. The Morgan fingerprint density at radius 1 is 1.10 bits per heavy atom. The minimum absolute atomic E-state index is 0.0820. The van der Waals surface area contributed by atoms with Crippen molar-refractivity contribution in [3.8, 4) is 0 Å². The maximum absolute atomic E-state index is 12.8. The van der Waals surface area contributed by atoms with E-state index in [2.05, 4.69) is 12.2 Å². The van der Waals surface area contributed by atoms with Gasteiger partial charge in [0.05, 0.1) is 0 Å². The summed E-state index contributed by atoms with van der Waals surface area (Å²) in [6.45, 7) is 2.54. The molecule has 0 aliphatic heterocycles. The first-order valence-electron chi connectivity index (χ1n) is 10.7. The van der Waals surface area contributed by atoms with Gasteiger partial charge in [0, 0.05) is 25.8 Å². The van der Waals surface area contributed by atoms with E-state index in [1.54, 1.807) is 24.2 Å². The van der Waals surface area contributed by atoms with Crippen molar-refractivity contribution < 1.29 is 9.59 Å². The molecule has 1 N–H and O–H groups in total. The second-order valence-corrected chi connectivity index (χ2v) is 8.25. The summed E-state index contributed by atoms with van der Waals surface area (Å²) < 4.78 is 1.32. The van der Waals surface area contributed by atoms with Crippen LogP contribution >= 0.6 is 0 Å². The maximum Gasteiger partial charge on any atom is 0.263 e. The molecule has 160 valence electrons. The lowest BCUT2D eigenvalue weighted by Gasteiger charge is -2.23. The maximum atomic E-state index is 12.8. The normalized spacial score (nSPS) is 15.4. The summed E-state index contributed by atoms with van der Waals surface area (Å²) in [7, 11) is 1.74. The molecule has 3 rings (SSSR count). The van der Waals surface area contributed by atoms with E-state index in [-0.39, 0.29) is 35.9 Å². The fourth-order valence-electron chi connectivity index (χ4n) is 4.01. The molecule has 2 amide bonds. The second-order valence-electron chi connectivity index (χ2n) is 8.25. The van der Waals surface area contributed by atoms with Gasteiger partial charge in [0.15, 0.2) is 0 Å². The molecule has 1 aromatic heterocycles. The molecule has 1 aliphatic rings. The first-order valence-corrected chi connectivity index (χ1v) is 10.7. The number of nitrogens with zero attached hydrogens (tertiary/aromatic N) is 2. The van der Waals surface area contributed by atoms with Crippen molar-refractivity contribution >= 4 is 11.8 Å². The summed E-state index contributed by atoms with van der Waals surface area (Å²) >= 11 is 0. The lowest BCUT2D eigenvalue weighted by Crippen LogP contribution is -2.41. The van der Waals surface area contributed by atoms with Crippen molar-refractivity contribution in [1.82, 2.24) is 14.8 Å².